The molecule has 2 rings (SSSR count). The van der Waals surface area contributed by atoms with Gasteiger partial charge >= 0.3 is 6.09 Å². The summed E-state index contributed by atoms with van der Waals surface area (Å²) in [7, 11) is 0. The average Bonchev–Trinajstić information content (AvgIpc) is 3.11. The first-order chi connectivity index (χ1) is 8.94. The van der Waals surface area contributed by atoms with E-state index in [9.17, 15) is 4.79 Å². The van der Waals surface area contributed by atoms with E-state index in [1.165, 1.54) is 25.7 Å². The van der Waals surface area contributed by atoms with Crippen molar-refractivity contribution < 1.29 is 14.3 Å². The molecular formula is C15H27NO3. The van der Waals surface area contributed by atoms with Crippen molar-refractivity contribution in [3.63, 3.8) is 0 Å². The molecule has 0 aliphatic carbocycles. The number of hydrogen-bond acceptors (Lipinski definition) is 3. The molecular weight excluding hydrogens is 242 g/mol. The van der Waals surface area contributed by atoms with Crippen LogP contribution in [-0.4, -0.2) is 42.4 Å². The molecule has 0 saturated carbocycles. The van der Waals surface area contributed by atoms with E-state index in [0.29, 0.717) is 12.0 Å². The van der Waals surface area contributed by atoms with Gasteiger partial charge in [0.05, 0.1) is 12.7 Å². The minimum Gasteiger partial charge on any atom is -0.444 e. The van der Waals surface area contributed by atoms with E-state index >= 15 is 0 Å². The fraction of sp³-hybridized carbons (Fsp3) is 0.933. The second-order valence-electron chi connectivity index (χ2n) is 6.82. The van der Waals surface area contributed by atoms with Crippen LogP contribution in [0.4, 0.5) is 4.79 Å². The smallest absolute Gasteiger partial charge is 0.410 e. The number of rotatable bonds is 4. The molecule has 4 heteroatoms. The van der Waals surface area contributed by atoms with Gasteiger partial charge in [-0.15, -0.1) is 0 Å². The third-order valence-electron chi connectivity index (χ3n) is 3.71. The van der Waals surface area contributed by atoms with Gasteiger partial charge in [-0.05, 0) is 52.4 Å². The Morgan fingerprint density at radius 1 is 1.37 bits per heavy atom. The monoisotopic (exact) mass is 269 g/mol. The molecule has 4 nitrogen and oxygen atoms in total. The predicted molar refractivity (Wildman–Crippen MR) is 74.1 cm³/mol. The summed E-state index contributed by atoms with van der Waals surface area (Å²) >= 11 is 0. The van der Waals surface area contributed by atoms with Gasteiger partial charge in [0.25, 0.3) is 0 Å². The third-order valence-corrected chi connectivity index (χ3v) is 3.71. The van der Waals surface area contributed by atoms with Crippen LogP contribution in [0.1, 0.15) is 52.9 Å². The lowest BCUT2D eigenvalue weighted by Gasteiger charge is -2.34. The van der Waals surface area contributed by atoms with Gasteiger partial charge in [-0.3, -0.25) is 0 Å². The number of carbonyl (C=O) groups is 1. The molecule has 1 amide bonds. The maximum absolute atomic E-state index is 12.0. The summed E-state index contributed by atoms with van der Waals surface area (Å²) in [6.45, 7) is 8.41. The van der Waals surface area contributed by atoms with E-state index in [2.05, 4.69) is 0 Å². The van der Waals surface area contributed by atoms with Crippen LogP contribution < -0.4 is 0 Å². The molecule has 0 spiro atoms. The summed E-state index contributed by atoms with van der Waals surface area (Å²) in [4.78, 5) is 13.9. The van der Waals surface area contributed by atoms with E-state index < -0.39 is 5.60 Å². The van der Waals surface area contributed by atoms with Crippen molar-refractivity contribution in [2.75, 3.05) is 19.7 Å². The first-order valence-corrected chi connectivity index (χ1v) is 7.53. The van der Waals surface area contributed by atoms with E-state index in [-0.39, 0.29) is 6.09 Å². The third kappa shape index (κ3) is 5.39. The maximum Gasteiger partial charge on any atom is 0.410 e. The van der Waals surface area contributed by atoms with Crippen LogP contribution >= 0.6 is 0 Å². The van der Waals surface area contributed by atoms with Crippen molar-refractivity contribution in [1.82, 2.24) is 4.90 Å². The second kappa shape index (κ2) is 6.12. The van der Waals surface area contributed by atoms with Crippen LogP contribution in [0.25, 0.3) is 0 Å². The van der Waals surface area contributed by atoms with Crippen LogP contribution in [0.5, 0.6) is 0 Å². The van der Waals surface area contributed by atoms with Crippen LogP contribution in [-0.2, 0) is 9.47 Å². The van der Waals surface area contributed by atoms with Gasteiger partial charge in [-0.1, -0.05) is 6.42 Å². The van der Waals surface area contributed by atoms with E-state index in [1.54, 1.807) is 0 Å². The Balaban J connectivity index is 1.70. The van der Waals surface area contributed by atoms with Crippen molar-refractivity contribution in [2.45, 2.75) is 64.6 Å². The molecule has 2 aliphatic rings. The second-order valence-corrected chi connectivity index (χ2v) is 6.82. The molecule has 2 heterocycles. The highest BCUT2D eigenvalue weighted by Crippen LogP contribution is 2.25. The molecule has 0 bridgehead atoms. The Labute approximate surface area is 116 Å². The Morgan fingerprint density at radius 3 is 2.74 bits per heavy atom. The molecule has 2 aliphatic heterocycles. The van der Waals surface area contributed by atoms with Crippen molar-refractivity contribution >= 4 is 6.09 Å². The Bertz CT molecular complexity index is 307. The molecule has 0 aromatic heterocycles. The van der Waals surface area contributed by atoms with E-state index in [4.69, 9.17) is 9.47 Å². The number of amides is 1. The Morgan fingerprint density at radius 2 is 2.11 bits per heavy atom. The van der Waals surface area contributed by atoms with Gasteiger partial charge in [0.15, 0.2) is 0 Å². The minimum atomic E-state index is -0.395. The van der Waals surface area contributed by atoms with Gasteiger partial charge in [-0.2, -0.15) is 0 Å². The van der Waals surface area contributed by atoms with Crippen LogP contribution in [0.3, 0.4) is 0 Å². The van der Waals surface area contributed by atoms with E-state index in [1.807, 2.05) is 25.7 Å². The lowest BCUT2D eigenvalue weighted by molar-refractivity contribution is 0.0160. The minimum absolute atomic E-state index is 0.150. The lowest BCUT2D eigenvalue weighted by atomic mass is 9.92. The van der Waals surface area contributed by atoms with Gasteiger partial charge in [0, 0.05) is 13.1 Å². The zero-order chi connectivity index (χ0) is 13.9. The Hall–Kier alpha value is -0.770. The first kappa shape index (κ1) is 14.6. The summed E-state index contributed by atoms with van der Waals surface area (Å²) in [5, 5.41) is 0. The molecule has 2 saturated heterocycles. The summed E-state index contributed by atoms with van der Waals surface area (Å²) in [6.07, 6.45) is 6.34. The molecule has 0 N–H and O–H groups in total. The zero-order valence-corrected chi connectivity index (χ0v) is 12.5. The highest BCUT2D eigenvalue weighted by atomic mass is 16.6. The fourth-order valence-electron chi connectivity index (χ4n) is 2.66. The first-order valence-electron chi connectivity index (χ1n) is 7.53. The lowest BCUT2D eigenvalue weighted by Crippen LogP contribution is -2.42. The normalized spacial score (nSPS) is 27.2. The zero-order valence-electron chi connectivity index (χ0n) is 12.5. The summed E-state index contributed by atoms with van der Waals surface area (Å²) < 4.78 is 10.7. The van der Waals surface area contributed by atoms with Crippen LogP contribution in [0.2, 0.25) is 0 Å². The van der Waals surface area contributed by atoms with Crippen molar-refractivity contribution in [3.05, 3.63) is 0 Å². The summed E-state index contributed by atoms with van der Waals surface area (Å²) in [6, 6.07) is 0. The number of piperidine rings is 1. The van der Waals surface area contributed by atoms with Gasteiger partial charge in [-0.25, -0.2) is 4.79 Å². The number of hydrogen-bond donors (Lipinski definition) is 0. The fourth-order valence-corrected chi connectivity index (χ4v) is 2.66. The van der Waals surface area contributed by atoms with Crippen molar-refractivity contribution in [3.8, 4) is 0 Å². The summed E-state index contributed by atoms with van der Waals surface area (Å²) in [5.41, 5.74) is -0.395. The Kier molecular flexibility index (Phi) is 4.71. The number of carbonyl (C=O) groups excluding carboxylic acids is 1. The molecule has 0 radical (unpaired) electrons. The van der Waals surface area contributed by atoms with Crippen LogP contribution in [0.15, 0.2) is 0 Å². The molecule has 0 aromatic carbocycles. The van der Waals surface area contributed by atoms with Crippen molar-refractivity contribution in [2.24, 2.45) is 5.92 Å². The molecule has 0 aromatic rings. The number of ether oxygens (including phenoxy) is 2. The highest BCUT2D eigenvalue weighted by molar-refractivity contribution is 5.68. The highest BCUT2D eigenvalue weighted by Gasteiger charge is 2.28. The molecule has 110 valence electrons. The number of nitrogens with zero attached hydrogens (tertiary/aromatic N) is 1. The average molecular weight is 269 g/mol. The van der Waals surface area contributed by atoms with Gasteiger partial charge in [0.1, 0.15) is 5.60 Å². The van der Waals surface area contributed by atoms with Crippen LogP contribution in [0, 0.1) is 5.92 Å². The SMILES string of the molecule is CC(C)(C)OC(=O)N1CCCC(CCCC2CO2)C1. The maximum atomic E-state index is 12.0. The molecule has 2 unspecified atom stereocenters. The van der Waals surface area contributed by atoms with E-state index in [0.717, 1.165) is 26.1 Å². The molecule has 2 atom stereocenters. The molecule has 19 heavy (non-hydrogen) atoms. The largest absolute Gasteiger partial charge is 0.444 e. The topological polar surface area (TPSA) is 42.1 Å². The number of epoxide rings is 1. The molecule has 2 fully saturated rings. The van der Waals surface area contributed by atoms with Crippen molar-refractivity contribution in [1.29, 1.82) is 0 Å². The summed E-state index contributed by atoms with van der Waals surface area (Å²) in [5.74, 6) is 0.639. The van der Waals surface area contributed by atoms with Gasteiger partial charge < -0.3 is 14.4 Å². The predicted octanol–water partition coefficient (Wildman–Crippen LogP) is 3.20. The van der Waals surface area contributed by atoms with Gasteiger partial charge in [0.2, 0.25) is 0 Å². The standard InChI is InChI=1S/C15H27NO3/c1-15(2,3)19-14(17)16-9-5-7-12(10-16)6-4-8-13-11-18-13/h12-13H,4-11H2,1-3H3. The number of likely N-dealkylation sites (tertiary alicyclic amines) is 1. The quantitative estimate of drug-likeness (QED) is 0.736.